The van der Waals surface area contributed by atoms with E-state index in [0.29, 0.717) is 22.2 Å². The SMILES string of the molecule is O=C(Cn1nc2c(N3CCN(c4ccccc4)CC3)nccn2c1=O)Nc1cccc(Cl)c1. The van der Waals surface area contributed by atoms with E-state index < -0.39 is 5.69 Å². The van der Waals surface area contributed by atoms with Crippen LogP contribution in [0.25, 0.3) is 5.65 Å². The Morgan fingerprint density at radius 3 is 2.52 bits per heavy atom. The number of anilines is 3. The molecule has 3 heterocycles. The second-order valence-corrected chi connectivity index (χ2v) is 8.19. The summed E-state index contributed by atoms with van der Waals surface area (Å²) in [5.74, 6) is 0.269. The lowest BCUT2D eigenvalue weighted by Crippen LogP contribution is -2.47. The number of aromatic nitrogens is 4. The Bertz CT molecular complexity index is 1340. The first-order valence-electron chi connectivity index (χ1n) is 10.6. The molecule has 1 aliphatic heterocycles. The Balaban J connectivity index is 1.34. The molecule has 0 bridgehead atoms. The highest BCUT2D eigenvalue weighted by molar-refractivity contribution is 6.30. The minimum Gasteiger partial charge on any atom is -0.368 e. The molecule has 1 fully saturated rings. The van der Waals surface area contributed by atoms with Gasteiger partial charge in [0.1, 0.15) is 6.54 Å². The first-order valence-corrected chi connectivity index (χ1v) is 11.0. The maximum absolute atomic E-state index is 12.9. The van der Waals surface area contributed by atoms with E-state index in [9.17, 15) is 9.59 Å². The Morgan fingerprint density at radius 2 is 1.76 bits per heavy atom. The number of carbonyl (C=O) groups is 1. The molecule has 1 aliphatic rings. The van der Waals surface area contributed by atoms with Crippen LogP contribution in [0.1, 0.15) is 0 Å². The van der Waals surface area contributed by atoms with E-state index in [1.54, 1.807) is 36.7 Å². The zero-order valence-electron chi connectivity index (χ0n) is 17.8. The van der Waals surface area contributed by atoms with Gasteiger partial charge in [0.25, 0.3) is 0 Å². The maximum atomic E-state index is 12.9. The van der Waals surface area contributed by atoms with Gasteiger partial charge in [-0.1, -0.05) is 35.9 Å². The summed E-state index contributed by atoms with van der Waals surface area (Å²) in [6.07, 6.45) is 3.16. The van der Waals surface area contributed by atoms with Gasteiger partial charge in [0.15, 0.2) is 5.82 Å². The predicted octanol–water partition coefficient (Wildman–Crippen LogP) is 2.51. The lowest BCUT2D eigenvalue weighted by Gasteiger charge is -2.36. The molecule has 0 spiro atoms. The molecule has 0 atom stereocenters. The van der Waals surface area contributed by atoms with Gasteiger partial charge in [-0.2, -0.15) is 0 Å². The fourth-order valence-electron chi connectivity index (χ4n) is 3.98. The van der Waals surface area contributed by atoms with Crippen molar-refractivity contribution in [2.75, 3.05) is 41.3 Å². The molecule has 168 valence electrons. The summed E-state index contributed by atoms with van der Waals surface area (Å²) >= 11 is 5.97. The smallest absolute Gasteiger partial charge is 0.350 e. The third-order valence-corrected chi connectivity index (χ3v) is 5.82. The minimum absolute atomic E-state index is 0.214. The summed E-state index contributed by atoms with van der Waals surface area (Å²) in [5, 5.41) is 7.68. The molecule has 33 heavy (non-hydrogen) atoms. The molecule has 0 saturated carbocycles. The van der Waals surface area contributed by atoms with Gasteiger partial charge in [-0.25, -0.2) is 18.9 Å². The maximum Gasteiger partial charge on any atom is 0.350 e. The van der Waals surface area contributed by atoms with Crippen LogP contribution in [0, 0.1) is 0 Å². The Kier molecular flexibility index (Phi) is 5.70. The number of piperazine rings is 1. The molecule has 2 aromatic carbocycles. The van der Waals surface area contributed by atoms with Crippen molar-refractivity contribution in [2.24, 2.45) is 0 Å². The van der Waals surface area contributed by atoms with Crippen molar-refractivity contribution < 1.29 is 4.79 Å². The van der Waals surface area contributed by atoms with Crippen molar-refractivity contribution in [1.82, 2.24) is 19.2 Å². The molecule has 10 heteroatoms. The van der Waals surface area contributed by atoms with Gasteiger partial charge in [0.2, 0.25) is 11.6 Å². The quantitative estimate of drug-likeness (QED) is 0.489. The molecule has 1 amide bonds. The first-order chi connectivity index (χ1) is 16.1. The van der Waals surface area contributed by atoms with Gasteiger partial charge in [-0.3, -0.25) is 4.79 Å². The number of hydrogen-bond donors (Lipinski definition) is 1. The summed E-state index contributed by atoms with van der Waals surface area (Å²) in [6, 6.07) is 17.1. The van der Waals surface area contributed by atoms with Crippen LogP contribution in [-0.2, 0) is 11.3 Å². The predicted molar refractivity (Wildman–Crippen MR) is 128 cm³/mol. The van der Waals surface area contributed by atoms with E-state index in [-0.39, 0.29) is 12.5 Å². The minimum atomic E-state index is -0.391. The molecular weight excluding hydrogens is 442 g/mol. The standard InChI is InChI=1S/C23H22ClN7O2/c24-17-5-4-6-18(15-17)26-20(32)16-31-23(33)30-10-9-25-21(22(30)27-31)29-13-11-28(12-14-29)19-7-2-1-3-8-19/h1-10,15H,11-14,16H2,(H,26,32). The van der Waals surface area contributed by atoms with Crippen LogP contribution in [0.15, 0.2) is 71.8 Å². The first kappa shape index (κ1) is 21.0. The number of halogens is 1. The van der Waals surface area contributed by atoms with Crippen LogP contribution in [0.2, 0.25) is 5.02 Å². The zero-order chi connectivity index (χ0) is 22.8. The Labute approximate surface area is 194 Å². The Hall–Kier alpha value is -3.85. The van der Waals surface area contributed by atoms with Crippen molar-refractivity contribution in [3.8, 4) is 0 Å². The summed E-state index contributed by atoms with van der Waals surface area (Å²) in [4.78, 5) is 34.3. The highest BCUT2D eigenvalue weighted by Gasteiger charge is 2.22. The van der Waals surface area contributed by atoms with Crippen LogP contribution >= 0.6 is 11.6 Å². The number of nitrogens with one attached hydrogen (secondary N) is 1. The molecule has 5 rings (SSSR count). The topological polar surface area (TPSA) is 87.8 Å². The molecule has 0 aliphatic carbocycles. The number of fused-ring (bicyclic) bond motifs is 1. The average Bonchev–Trinajstić information content (AvgIpc) is 3.15. The molecule has 1 saturated heterocycles. The summed E-state index contributed by atoms with van der Waals surface area (Å²) in [7, 11) is 0. The monoisotopic (exact) mass is 463 g/mol. The summed E-state index contributed by atoms with van der Waals surface area (Å²) < 4.78 is 2.58. The zero-order valence-corrected chi connectivity index (χ0v) is 18.5. The summed E-state index contributed by atoms with van der Waals surface area (Å²) in [6.45, 7) is 2.95. The van der Waals surface area contributed by atoms with E-state index >= 15 is 0 Å². The van der Waals surface area contributed by atoms with E-state index in [1.807, 2.05) is 18.2 Å². The highest BCUT2D eigenvalue weighted by atomic mass is 35.5. The molecule has 2 aromatic heterocycles. The number of amides is 1. The molecule has 0 radical (unpaired) electrons. The number of hydrogen-bond acceptors (Lipinski definition) is 6. The van der Waals surface area contributed by atoms with Crippen LogP contribution < -0.4 is 20.8 Å². The number of nitrogens with zero attached hydrogens (tertiary/aromatic N) is 6. The van der Waals surface area contributed by atoms with Crippen LogP contribution in [-0.4, -0.2) is 51.3 Å². The van der Waals surface area contributed by atoms with Crippen molar-refractivity contribution >= 4 is 40.3 Å². The highest BCUT2D eigenvalue weighted by Crippen LogP contribution is 2.21. The van der Waals surface area contributed by atoms with Gasteiger partial charge in [0, 0.05) is 55.0 Å². The fraction of sp³-hybridized carbons (Fsp3) is 0.217. The second-order valence-electron chi connectivity index (χ2n) is 7.75. The second kappa shape index (κ2) is 8.95. The normalized spacial score (nSPS) is 14.0. The fourth-order valence-corrected chi connectivity index (χ4v) is 4.17. The number of rotatable bonds is 5. The van der Waals surface area contributed by atoms with Gasteiger partial charge in [-0.15, -0.1) is 5.10 Å². The van der Waals surface area contributed by atoms with Crippen molar-refractivity contribution in [2.45, 2.75) is 6.54 Å². The van der Waals surface area contributed by atoms with Crippen molar-refractivity contribution in [1.29, 1.82) is 0 Å². The van der Waals surface area contributed by atoms with E-state index in [0.717, 1.165) is 30.9 Å². The van der Waals surface area contributed by atoms with Crippen LogP contribution in [0.5, 0.6) is 0 Å². The third-order valence-electron chi connectivity index (χ3n) is 5.59. The van der Waals surface area contributed by atoms with E-state index in [4.69, 9.17) is 11.6 Å². The van der Waals surface area contributed by atoms with Gasteiger partial charge >= 0.3 is 5.69 Å². The van der Waals surface area contributed by atoms with Gasteiger partial charge < -0.3 is 15.1 Å². The van der Waals surface area contributed by atoms with E-state index in [2.05, 4.69) is 37.3 Å². The molecular formula is C23H22ClN7O2. The molecule has 4 aromatic rings. The van der Waals surface area contributed by atoms with Crippen LogP contribution in [0.4, 0.5) is 17.2 Å². The Morgan fingerprint density at radius 1 is 1.00 bits per heavy atom. The average molecular weight is 464 g/mol. The number of para-hydroxylation sites is 1. The van der Waals surface area contributed by atoms with Crippen LogP contribution in [0.3, 0.4) is 0 Å². The lowest BCUT2D eigenvalue weighted by atomic mass is 10.2. The molecule has 1 N–H and O–H groups in total. The van der Waals surface area contributed by atoms with Crippen molar-refractivity contribution in [3.63, 3.8) is 0 Å². The van der Waals surface area contributed by atoms with Crippen molar-refractivity contribution in [3.05, 3.63) is 82.5 Å². The summed E-state index contributed by atoms with van der Waals surface area (Å²) in [5.41, 5.74) is 1.79. The number of carbonyl (C=O) groups excluding carboxylic acids is 1. The number of benzene rings is 2. The third kappa shape index (κ3) is 4.40. The largest absolute Gasteiger partial charge is 0.368 e. The molecule has 9 nitrogen and oxygen atoms in total. The van der Waals surface area contributed by atoms with E-state index in [1.165, 1.54) is 10.1 Å². The molecule has 0 unspecified atom stereocenters. The van der Waals surface area contributed by atoms with Gasteiger partial charge in [0.05, 0.1) is 0 Å². The lowest BCUT2D eigenvalue weighted by molar-refractivity contribution is -0.117. The van der Waals surface area contributed by atoms with Gasteiger partial charge in [-0.05, 0) is 30.3 Å².